The molecule has 2 atom stereocenters. The molecule has 3 heteroatoms. The number of rotatable bonds is 2. The van der Waals surface area contributed by atoms with Crippen molar-refractivity contribution in [2.75, 3.05) is 7.05 Å². The minimum atomic E-state index is -1.13. The summed E-state index contributed by atoms with van der Waals surface area (Å²) in [5, 5.41) is 15.4. The molecule has 120 valence electrons. The van der Waals surface area contributed by atoms with Crippen molar-refractivity contribution in [3.8, 4) is 0 Å². The molecule has 2 N–H and O–H groups in total. The molecular weight excluding hydrogens is 314 g/mol. The minimum Gasteiger partial charge on any atom is -0.378 e. The number of hydrogen-bond donors (Lipinski definition) is 2. The molecule has 2 nitrogen and oxygen atoms in total. The number of fused-ring (bicyclic) bond motifs is 2. The van der Waals surface area contributed by atoms with Crippen molar-refractivity contribution in [1.29, 1.82) is 0 Å². The molecule has 0 radical (unpaired) electrons. The highest BCUT2D eigenvalue weighted by atomic mass is 32.2. The fourth-order valence-corrected chi connectivity index (χ4v) is 4.73. The second-order valence-electron chi connectivity index (χ2n) is 5.99. The van der Waals surface area contributed by atoms with E-state index in [1.807, 2.05) is 67.7 Å². The fraction of sp³-hybridized carbons (Fsp3) is 0.143. The Balaban J connectivity index is 2.06. The lowest BCUT2D eigenvalue weighted by molar-refractivity contribution is 0.0365. The molecule has 2 unspecified atom stereocenters. The lowest BCUT2D eigenvalue weighted by atomic mass is 9.77. The van der Waals surface area contributed by atoms with Crippen LogP contribution in [0.4, 0.5) is 0 Å². The summed E-state index contributed by atoms with van der Waals surface area (Å²) in [5.74, 6) is 0. The van der Waals surface area contributed by atoms with Crippen LogP contribution in [0.2, 0.25) is 0 Å². The van der Waals surface area contributed by atoms with Gasteiger partial charge in [-0.2, -0.15) is 0 Å². The molecule has 0 aromatic heterocycles. The molecule has 24 heavy (non-hydrogen) atoms. The summed E-state index contributed by atoms with van der Waals surface area (Å²) in [6, 6.07) is 26.2. The topological polar surface area (TPSA) is 32.3 Å². The van der Waals surface area contributed by atoms with E-state index < -0.39 is 5.60 Å². The first-order valence-electron chi connectivity index (χ1n) is 8.06. The molecule has 0 bridgehead atoms. The first-order chi connectivity index (χ1) is 11.7. The molecule has 0 amide bonds. The molecule has 0 saturated heterocycles. The first-order valence-corrected chi connectivity index (χ1v) is 8.88. The van der Waals surface area contributed by atoms with Crippen LogP contribution in [0, 0.1) is 0 Å². The average molecular weight is 333 g/mol. The van der Waals surface area contributed by atoms with Crippen LogP contribution in [-0.4, -0.2) is 12.2 Å². The van der Waals surface area contributed by atoms with Crippen molar-refractivity contribution in [2.24, 2.45) is 0 Å². The van der Waals surface area contributed by atoms with Crippen LogP contribution in [0.25, 0.3) is 0 Å². The summed E-state index contributed by atoms with van der Waals surface area (Å²) in [7, 11) is 1.91. The quantitative estimate of drug-likeness (QED) is 0.731. The Morgan fingerprint density at radius 1 is 0.833 bits per heavy atom. The van der Waals surface area contributed by atoms with Gasteiger partial charge in [0.25, 0.3) is 0 Å². The third-order valence-corrected chi connectivity index (χ3v) is 5.84. The largest absolute Gasteiger partial charge is 0.378 e. The van der Waals surface area contributed by atoms with Gasteiger partial charge in [0.1, 0.15) is 5.60 Å². The molecule has 0 saturated carbocycles. The normalized spacial score (nSPS) is 22.3. The fourth-order valence-electron chi connectivity index (χ4n) is 3.56. The second kappa shape index (κ2) is 6.10. The molecule has 1 aliphatic rings. The van der Waals surface area contributed by atoms with E-state index in [0.29, 0.717) is 0 Å². The number of nitrogens with one attached hydrogen (secondary N) is 1. The molecule has 1 heterocycles. The Kier molecular flexibility index (Phi) is 3.93. The maximum absolute atomic E-state index is 12.0. The molecule has 3 aromatic rings. The molecule has 4 rings (SSSR count). The molecule has 0 aliphatic carbocycles. The van der Waals surface area contributed by atoms with Crippen LogP contribution < -0.4 is 5.32 Å². The van der Waals surface area contributed by atoms with E-state index in [1.165, 1.54) is 4.90 Å². The van der Waals surface area contributed by atoms with Gasteiger partial charge < -0.3 is 10.4 Å². The van der Waals surface area contributed by atoms with E-state index in [-0.39, 0.29) is 6.04 Å². The maximum Gasteiger partial charge on any atom is 0.135 e. The number of aliphatic hydroxyl groups is 1. The van der Waals surface area contributed by atoms with Crippen LogP contribution >= 0.6 is 11.8 Å². The van der Waals surface area contributed by atoms with Gasteiger partial charge in [0.2, 0.25) is 0 Å². The van der Waals surface area contributed by atoms with E-state index in [9.17, 15) is 5.11 Å². The van der Waals surface area contributed by atoms with Crippen LogP contribution in [0.15, 0.2) is 88.7 Å². The van der Waals surface area contributed by atoms with Crippen LogP contribution in [-0.2, 0) is 5.60 Å². The number of benzene rings is 3. The predicted octanol–water partition coefficient (Wildman–Crippen LogP) is 4.35. The lowest BCUT2D eigenvalue weighted by Gasteiger charge is -2.37. The summed E-state index contributed by atoms with van der Waals surface area (Å²) >= 11 is 1.72. The third-order valence-electron chi connectivity index (χ3n) is 4.67. The lowest BCUT2D eigenvalue weighted by Crippen LogP contribution is -2.41. The van der Waals surface area contributed by atoms with Crippen molar-refractivity contribution >= 4 is 11.8 Å². The molecule has 3 aromatic carbocycles. The van der Waals surface area contributed by atoms with Crippen molar-refractivity contribution in [3.05, 3.63) is 95.6 Å². The van der Waals surface area contributed by atoms with Gasteiger partial charge in [0.05, 0.1) is 6.04 Å². The number of likely N-dealkylation sites (N-methyl/N-ethyl adjacent to an activating group) is 1. The summed E-state index contributed by atoms with van der Waals surface area (Å²) in [6.45, 7) is 0. The van der Waals surface area contributed by atoms with E-state index >= 15 is 0 Å². The van der Waals surface area contributed by atoms with Gasteiger partial charge in [-0.3, -0.25) is 0 Å². The van der Waals surface area contributed by atoms with E-state index in [0.717, 1.165) is 21.6 Å². The van der Waals surface area contributed by atoms with E-state index in [1.54, 1.807) is 11.8 Å². The molecule has 0 spiro atoms. The van der Waals surface area contributed by atoms with Crippen molar-refractivity contribution < 1.29 is 5.11 Å². The summed E-state index contributed by atoms with van der Waals surface area (Å²) < 4.78 is 0. The SMILES string of the molecule is CNC1c2ccccc2Sc2ccccc2C1(O)c1ccccc1. The Labute approximate surface area is 146 Å². The Hall–Kier alpha value is -2.07. The van der Waals surface area contributed by atoms with Crippen molar-refractivity contribution in [3.63, 3.8) is 0 Å². The van der Waals surface area contributed by atoms with E-state index in [2.05, 4.69) is 23.5 Å². The highest BCUT2D eigenvalue weighted by molar-refractivity contribution is 7.99. The van der Waals surface area contributed by atoms with Gasteiger partial charge in [-0.1, -0.05) is 78.5 Å². The van der Waals surface area contributed by atoms with E-state index in [4.69, 9.17) is 0 Å². The van der Waals surface area contributed by atoms with Crippen molar-refractivity contribution in [1.82, 2.24) is 5.32 Å². The van der Waals surface area contributed by atoms with Crippen molar-refractivity contribution in [2.45, 2.75) is 21.4 Å². The van der Waals surface area contributed by atoms with Gasteiger partial charge in [-0.15, -0.1) is 0 Å². The summed E-state index contributed by atoms with van der Waals surface area (Å²) in [4.78, 5) is 2.27. The zero-order chi connectivity index (χ0) is 16.6. The Bertz CT molecular complexity index is 864. The third kappa shape index (κ3) is 2.28. The van der Waals surface area contributed by atoms with Gasteiger partial charge in [0.15, 0.2) is 0 Å². The zero-order valence-electron chi connectivity index (χ0n) is 13.4. The van der Waals surface area contributed by atoms with Crippen LogP contribution in [0.1, 0.15) is 22.7 Å². The Morgan fingerprint density at radius 2 is 1.46 bits per heavy atom. The monoisotopic (exact) mass is 333 g/mol. The molecular formula is C21H19NOS. The molecule has 0 fully saturated rings. The standard InChI is InChI=1S/C21H19NOS/c1-22-20-16-11-5-7-13-18(16)24-19-14-8-6-12-17(19)21(20,23)15-9-3-2-4-10-15/h2-14,20,22-23H,1H3. The van der Waals surface area contributed by atoms with Gasteiger partial charge >= 0.3 is 0 Å². The highest BCUT2D eigenvalue weighted by Gasteiger charge is 2.44. The van der Waals surface area contributed by atoms with Gasteiger partial charge in [-0.05, 0) is 30.3 Å². The number of hydrogen-bond acceptors (Lipinski definition) is 3. The zero-order valence-corrected chi connectivity index (χ0v) is 14.3. The first kappa shape index (κ1) is 15.5. The van der Waals surface area contributed by atoms with Gasteiger partial charge in [0, 0.05) is 15.4 Å². The Morgan fingerprint density at radius 3 is 2.21 bits per heavy atom. The average Bonchev–Trinajstić information content (AvgIpc) is 2.75. The molecule has 1 aliphatic heterocycles. The summed E-state index contributed by atoms with van der Waals surface area (Å²) in [6.07, 6.45) is 0. The van der Waals surface area contributed by atoms with Gasteiger partial charge in [-0.25, -0.2) is 0 Å². The van der Waals surface area contributed by atoms with Crippen LogP contribution in [0.5, 0.6) is 0 Å². The minimum absolute atomic E-state index is 0.229. The van der Waals surface area contributed by atoms with Crippen LogP contribution in [0.3, 0.4) is 0 Å². The second-order valence-corrected chi connectivity index (χ2v) is 7.07. The summed E-state index contributed by atoms with van der Waals surface area (Å²) in [5.41, 5.74) is 1.82. The predicted molar refractivity (Wildman–Crippen MR) is 98.2 cm³/mol. The maximum atomic E-state index is 12.0. The highest BCUT2D eigenvalue weighted by Crippen LogP contribution is 2.51. The smallest absolute Gasteiger partial charge is 0.135 e.